The Bertz CT molecular complexity index is 903. The molecule has 5 heteroatoms. The molecule has 0 spiro atoms. The van der Waals surface area contributed by atoms with Gasteiger partial charge in [-0.15, -0.1) is 0 Å². The van der Waals surface area contributed by atoms with E-state index < -0.39 is 0 Å². The summed E-state index contributed by atoms with van der Waals surface area (Å²) in [6.45, 7) is 1.96. The highest BCUT2D eigenvalue weighted by Gasteiger charge is 2.34. The van der Waals surface area contributed by atoms with Crippen LogP contribution in [0.4, 0.5) is 5.82 Å². The second kappa shape index (κ2) is 7.53. The summed E-state index contributed by atoms with van der Waals surface area (Å²) < 4.78 is 5.24. The Morgan fingerprint density at radius 2 is 1.74 bits per heavy atom. The molecule has 3 aromatic rings. The minimum absolute atomic E-state index is 0.0740. The zero-order valence-electron chi connectivity index (χ0n) is 15.6. The Morgan fingerprint density at radius 3 is 2.41 bits per heavy atom. The summed E-state index contributed by atoms with van der Waals surface area (Å²) in [6, 6.07) is 16.1. The zero-order valence-corrected chi connectivity index (χ0v) is 15.6. The number of aliphatic hydroxyl groups excluding tert-OH is 1. The van der Waals surface area contributed by atoms with Gasteiger partial charge >= 0.3 is 0 Å². The van der Waals surface area contributed by atoms with Crippen LogP contribution < -0.4 is 9.64 Å². The molecule has 0 radical (unpaired) electrons. The minimum Gasteiger partial charge on any atom is -0.497 e. The van der Waals surface area contributed by atoms with Crippen LogP contribution >= 0.6 is 0 Å². The molecule has 0 amide bonds. The van der Waals surface area contributed by atoms with E-state index >= 15 is 0 Å². The Hall–Kier alpha value is -2.66. The standard InChI is InChI=1S/C22H25N3O2/c1-27-18-8-6-17(7-9-18)14-22(16-26)10-12-25(13-11-22)21-15-23-19-4-2-3-5-20(19)24-21/h2-9,15,26H,10-14,16H2,1H3. The van der Waals surface area contributed by atoms with Crippen molar-refractivity contribution >= 4 is 16.9 Å². The lowest BCUT2D eigenvalue weighted by atomic mass is 9.74. The van der Waals surface area contributed by atoms with Gasteiger partial charge in [-0.2, -0.15) is 0 Å². The van der Waals surface area contributed by atoms with Crippen molar-refractivity contribution in [3.05, 3.63) is 60.3 Å². The van der Waals surface area contributed by atoms with Gasteiger partial charge in [0.1, 0.15) is 11.6 Å². The van der Waals surface area contributed by atoms with Crippen molar-refractivity contribution in [1.29, 1.82) is 0 Å². The number of hydrogen-bond donors (Lipinski definition) is 1. The van der Waals surface area contributed by atoms with E-state index in [1.807, 2.05) is 42.6 Å². The average Bonchev–Trinajstić information content (AvgIpc) is 2.74. The van der Waals surface area contributed by atoms with Crippen molar-refractivity contribution in [3.63, 3.8) is 0 Å². The Morgan fingerprint density at radius 1 is 1.04 bits per heavy atom. The summed E-state index contributed by atoms with van der Waals surface area (Å²) in [5, 5.41) is 10.1. The molecule has 5 nitrogen and oxygen atoms in total. The van der Waals surface area contributed by atoms with E-state index in [0.29, 0.717) is 0 Å². The van der Waals surface area contributed by atoms with Gasteiger partial charge in [-0.3, -0.25) is 4.98 Å². The lowest BCUT2D eigenvalue weighted by molar-refractivity contribution is 0.0961. The molecule has 0 aliphatic carbocycles. The molecule has 2 aromatic carbocycles. The van der Waals surface area contributed by atoms with Gasteiger partial charge in [-0.05, 0) is 49.1 Å². The molecule has 0 unspecified atom stereocenters. The van der Waals surface area contributed by atoms with Crippen LogP contribution in [0.1, 0.15) is 18.4 Å². The number of nitrogens with zero attached hydrogens (tertiary/aromatic N) is 3. The lowest BCUT2D eigenvalue weighted by Gasteiger charge is -2.41. The van der Waals surface area contributed by atoms with Crippen LogP contribution in [0.5, 0.6) is 5.75 Å². The molecule has 0 bridgehead atoms. The van der Waals surface area contributed by atoms with Crippen LogP contribution in [0.25, 0.3) is 11.0 Å². The van der Waals surface area contributed by atoms with Crippen molar-refractivity contribution in [1.82, 2.24) is 9.97 Å². The average molecular weight is 363 g/mol. The molecule has 0 atom stereocenters. The van der Waals surface area contributed by atoms with Gasteiger partial charge in [-0.1, -0.05) is 24.3 Å². The Labute approximate surface area is 159 Å². The second-order valence-electron chi connectivity index (χ2n) is 7.39. The molecule has 140 valence electrons. The second-order valence-corrected chi connectivity index (χ2v) is 7.39. The number of hydrogen-bond acceptors (Lipinski definition) is 5. The van der Waals surface area contributed by atoms with Gasteiger partial charge < -0.3 is 14.7 Å². The van der Waals surface area contributed by atoms with E-state index in [1.54, 1.807) is 7.11 Å². The Balaban J connectivity index is 1.46. The first-order valence-corrected chi connectivity index (χ1v) is 9.42. The largest absolute Gasteiger partial charge is 0.497 e. The summed E-state index contributed by atoms with van der Waals surface area (Å²) in [7, 11) is 1.68. The number of rotatable bonds is 5. The van der Waals surface area contributed by atoms with Crippen molar-refractivity contribution in [2.45, 2.75) is 19.3 Å². The molecular formula is C22H25N3O2. The molecule has 1 aliphatic rings. The fourth-order valence-electron chi connectivity index (χ4n) is 3.88. The highest BCUT2D eigenvalue weighted by molar-refractivity contribution is 5.75. The first kappa shape index (κ1) is 17.7. The van der Waals surface area contributed by atoms with Crippen molar-refractivity contribution in [2.24, 2.45) is 5.41 Å². The molecule has 0 saturated carbocycles. The third-order valence-electron chi connectivity index (χ3n) is 5.66. The molecule has 1 aromatic heterocycles. The van der Waals surface area contributed by atoms with Gasteiger partial charge in [-0.25, -0.2) is 4.98 Å². The molecule has 2 heterocycles. The molecule has 1 N–H and O–H groups in total. The first-order chi connectivity index (χ1) is 13.2. The van der Waals surface area contributed by atoms with Gasteiger partial charge in [0, 0.05) is 25.1 Å². The maximum absolute atomic E-state index is 10.1. The number of para-hydroxylation sites is 2. The van der Waals surface area contributed by atoms with Crippen molar-refractivity contribution < 1.29 is 9.84 Å². The fraction of sp³-hybridized carbons (Fsp3) is 0.364. The van der Waals surface area contributed by atoms with Crippen LogP contribution in [0, 0.1) is 5.41 Å². The smallest absolute Gasteiger partial charge is 0.147 e. The monoisotopic (exact) mass is 363 g/mol. The van der Waals surface area contributed by atoms with E-state index in [2.05, 4.69) is 22.0 Å². The van der Waals surface area contributed by atoms with E-state index in [-0.39, 0.29) is 12.0 Å². The number of fused-ring (bicyclic) bond motifs is 1. The third kappa shape index (κ3) is 3.74. The summed E-state index contributed by atoms with van der Waals surface area (Å²) >= 11 is 0. The number of piperidine rings is 1. The summed E-state index contributed by atoms with van der Waals surface area (Å²) in [6.07, 6.45) is 4.61. The molecule has 1 saturated heterocycles. The number of ether oxygens (including phenoxy) is 1. The highest BCUT2D eigenvalue weighted by atomic mass is 16.5. The van der Waals surface area contributed by atoms with Crippen molar-refractivity contribution in [3.8, 4) is 5.75 Å². The SMILES string of the molecule is COc1ccc(CC2(CO)CCN(c3cnc4ccccc4n3)CC2)cc1. The summed E-state index contributed by atoms with van der Waals surface area (Å²) in [5.41, 5.74) is 3.01. The first-order valence-electron chi connectivity index (χ1n) is 9.42. The zero-order chi connectivity index (χ0) is 18.7. The summed E-state index contributed by atoms with van der Waals surface area (Å²) in [4.78, 5) is 11.6. The number of aromatic nitrogens is 2. The highest BCUT2D eigenvalue weighted by Crippen LogP contribution is 2.36. The van der Waals surface area contributed by atoms with E-state index in [4.69, 9.17) is 9.72 Å². The maximum atomic E-state index is 10.1. The minimum atomic E-state index is -0.0740. The van der Waals surface area contributed by atoms with Crippen LogP contribution in [0.3, 0.4) is 0 Å². The fourth-order valence-corrected chi connectivity index (χ4v) is 3.88. The Kier molecular flexibility index (Phi) is 4.94. The molecule has 27 heavy (non-hydrogen) atoms. The van der Waals surface area contributed by atoms with E-state index in [1.165, 1.54) is 5.56 Å². The maximum Gasteiger partial charge on any atom is 0.147 e. The quantitative estimate of drug-likeness (QED) is 0.752. The number of benzene rings is 2. The number of methoxy groups -OCH3 is 1. The molecule has 1 fully saturated rings. The van der Waals surface area contributed by atoms with E-state index in [0.717, 1.165) is 55.0 Å². The predicted molar refractivity (Wildman–Crippen MR) is 107 cm³/mol. The third-order valence-corrected chi connectivity index (χ3v) is 5.66. The molecular weight excluding hydrogens is 338 g/mol. The predicted octanol–water partition coefficient (Wildman–Crippen LogP) is 3.46. The van der Waals surface area contributed by atoms with Gasteiger partial charge in [0.05, 0.1) is 24.3 Å². The van der Waals surface area contributed by atoms with Gasteiger partial charge in [0.25, 0.3) is 0 Å². The normalized spacial score (nSPS) is 16.4. The van der Waals surface area contributed by atoms with Crippen LogP contribution in [0.2, 0.25) is 0 Å². The van der Waals surface area contributed by atoms with Crippen molar-refractivity contribution in [2.75, 3.05) is 31.7 Å². The number of anilines is 1. The van der Waals surface area contributed by atoms with Gasteiger partial charge in [0.15, 0.2) is 0 Å². The summed E-state index contributed by atoms with van der Waals surface area (Å²) in [5.74, 6) is 1.78. The molecule has 1 aliphatic heterocycles. The van der Waals surface area contributed by atoms with Gasteiger partial charge in [0.2, 0.25) is 0 Å². The molecule has 4 rings (SSSR count). The topological polar surface area (TPSA) is 58.5 Å². The van der Waals surface area contributed by atoms with Crippen LogP contribution in [-0.4, -0.2) is 41.9 Å². The van der Waals surface area contributed by atoms with E-state index in [9.17, 15) is 5.11 Å². The number of aliphatic hydroxyl groups is 1. The van der Waals surface area contributed by atoms with Crippen LogP contribution in [0.15, 0.2) is 54.7 Å². The van der Waals surface area contributed by atoms with Crippen LogP contribution in [-0.2, 0) is 6.42 Å². The lowest BCUT2D eigenvalue weighted by Crippen LogP contribution is -2.43.